The predicted octanol–water partition coefficient (Wildman–Crippen LogP) is 17.1. The number of rotatable bonds is 46. The highest BCUT2D eigenvalue weighted by Crippen LogP contribution is 2.15. The highest BCUT2D eigenvalue weighted by Gasteiger charge is 2.17. The van der Waals surface area contributed by atoms with E-state index in [-0.39, 0.29) is 25.2 Å². The first-order valence-electron chi connectivity index (χ1n) is 25.5. The van der Waals surface area contributed by atoms with E-state index in [2.05, 4.69) is 93.7 Å². The van der Waals surface area contributed by atoms with Crippen molar-refractivity contribution in [2.75, 3.05) is 19.8 Å². The molecule has 346 valence electrons. The van der Waals surface area contributed by atoms with Crippen LogP contribution < -0.4 is 0 Å². The Bertz CT molecular complexity index is 1080. The molecule has 5 heteroatoms. The fourth-order valence-electron chi connectivity index (χ4n) is 6.94. The number of esters is 2. The van der Waals surface area contributed by atoms with Crippen molar-refractivity contribution in [1.82, 2.24) is 0 Å². The zero-order chi connectivity index (χ0) is 43.5. The average molecular weight is 837 g/mol. The Balaban J connectivity index is 4.34. The molecule has 0 radical (unpaired) electrons. The monoisotopic (exact) mass is 837 g/mol. The van der Waals surface area contributed by atoms with E-state index in [1.807, 2.05) is 0 Å². The Hall–Kier alpha value is -2.66. The summed E-state index contributed by atoms with van der Waals surface area (Å²) in [5, 5.41) is 0. The zero-order valence-corrected chi connectivity index (χ0v) is 39.7. The standard InChI is InChI=1S/C55H96O5/c1-4-7-10-13-16-19-22-24-26-28-29-31-34-37-40-43-46-49-55(57)60-53(52-59-54(56)48-45-42-39-36-33-21-18-15-12-9-6-3)51-58-50-47-44-41-38-35-32-30-27-25-23-20-17-14-11-8-5-2/h7,10,15-16,18-19,24,26,29,31,37,40,53H,4-6,8-9,11-14,17,20-23,25,27-28,30,32-36,38-39,41-52H2,1-3H3/b10-7-,18-15-,19-16-,26-24-,31-29-,40-37-/t53-/m1/s1. The maximum absolute atomic E-state index is 12.8. The van der Waals surface area contributed by atoms with Crippen molar-refractivity contribution in [2.24, 2.45) is 0 Å². The number of unbranched alkanes of at least 4 members (excludes halogenated alkanes) is 23. The molecule has 60 heavy (non-hydrogen) atoms. The number of carbonyl (C=O) groups excluding carboxylic acids is 2. The Morgan fingerprint density at radius 3 is 1.32 bits per heavy atom. The molecule has 0 aromatic heterocycles. The summed E-state index contributed by atoms with van der Waals surface area (Å²) in [6, 6.07) is 0. The van der Waals surface area contributed by atoms with Gasteiger partial charge in [-0.1, -0.05) is 222 Å². The van der Waals surface area contributed by atoms with Crippen LogP contribution in [-0.2, 0) is 23.8 Å². The molecule has 0 aliphatic heterocycles. The number of ether oxygens (including phenoxy) is 3. The maximum atomic E-state index is 12.8. The Kier molecular flexibility index (Phi) is 48.4. The van der Waals surface area contributed by atoms with Gasteiger partial charge in [-0.3, -0.25) is 9.59 Å². The molecule has 0 heterocycles. The quantitative estimate of drug-likeness (QED) is 0.0347. The van der Waals surface area contributed by atoms with Crippen molar-refractivity contribution in [3.05, 3.63) is 72.9 Å². The summed E-state index contributed by atoms with van der Waals surface area (Å²) in [7, 11) is 0. The minimum absolute atomic E-state index is 0.0582. The molecule has 0 saturated carbocycles. The third-order valence-corrected chi connectivity index (χ3v) is 10.7. The summed E-state index contributed by atoms with van der Waals surface area (Å²) in [4.78, 5) is 25.3. The van der Waals surface area contributed by atoms with Gasteiger partial charge in [-0.15, -0.1) is 0 Å². The van der Waals surface area contributed by atoms with E-state index < -0.39 is 6.10 Å². The van der Waals surface area contributed by atoms with Gasteiger partial charge >= 0.3 is 11.9 Å². The highest BCUT2D eigenvalue weighted by molar-refractivity contribution is 5.70. The third kappa shape index (κ3) is 48.0. The normalized spacial score (nSPS) is 12.8. The molecule has 0 fully saturated rings. The van der Waals surface area contributed by atoms with Crippen molar-refractivity contribution in [3.8, 4) is 0 Å². The summed E-state index contributed by atoms with van der Waals surface area (Å²) in [6.07, 6.45) is 64.9. The summed E-state index contributed by atoms with van der Waals surface area (Å²) < 4.78 is 17.3. The molecule has 0 N–H and O–H groups in total. The minimum Gasteiger partial charge on any atom is -0.462 e. The summed E-state index contributed by atoms with van der Waals surface area (Å²) >= 11 is 0. The van der Waals surface area contributed by atoms with Gasteiger partial charge in [0, 0.05) is 19.4 Å². The Morgan fingerprint density at radius 1 is 0.383 bits per heavy atom. The summed E-state index contributed by atoms with van der Waals surface area (Å²) in [5.74, 6) is -0.472. The van der Waals surface area contributed by atoms with Crippen molar-refractivity contribution >= 4 is 11.9 Å². The van der Waals surface area contributed by atoms with E-state index >= 15 is 0 Å². The lowest BCUT2D eigenvalue weighted by molar-refractivity contribution is -0.162. The van der Waals surface area contributed by atoms with Gasteiger partial charge in [-0.25, -0.2) is 0 Å². The average Bonchev–Trinajstić information content (AvgIpc) is 3.25. The van der Waals surface area contributed by atoms with E-state index in [4.69, 9.17) is 14.2 Å². The second kappa shape index (κ2) is 50.7. The van der Waals surface area contributed by atoms with Gasteiger partial charge in [0.05, 0.1) is 6.61 Å². The molecular weight excluding hydrogens is 741 g/mol. The molecule has 0 amide bonds. The fourth-order valence-corrected chi connectivity index (χ4v) is 6.94. The second-order valence-electron chi connectivity index (χ2n) is 16.7. The highest BCUT2D eigenvalue weighted by atomic mass is 16.6. The van der Waals surface area contributed by atoms with Gasteiger partial charge in [0.15, 0.2) is 6.10 Å². The lowest BCUT2D eigenvalue weighted by Crippen LogP contribution is -2.30. The lowest BCUT2D eigenvalue weighted by Gasteiger charge is -2.18. The second-order valence-corrected chi connectivity index (χ2v) is 16.7. The lowest BCUT2D eigenvalue weighted by atomic mass is 10.0. The molecule has 0 spiro atoms. The van der Waals surface area contributed by atoms with Crippen LogP contribution in [0.2, 0.25) is 0 Å². The van der Waals surface area contributed by atoms with Crippen molar-refractivity contribution in [1.29, 1.82) is 0 Å². The van der Waals surface area contributed by atoms with Crippen LogP contribution >= 0.6 is 0 Å². The zero-order valence-electron chi connectivity index (χ0n) is 39.7. The maximum Gasteiger partial charge on any atom is 0.306 e. The molecule has 5 nitrogen and oxygen atoms in total. The van der Waals surface area contributed by atoms with Gasteiger partial charge < -0.3 is 14.2 Å². The summed E-state index contributed by atoms with van der Waals surface area (Å²) in [5.41, 5.74) is 0. The van der Waals surface area contributed by atoms with Crippen molar-refractivity contribution in [2.45, 2.75) is 245 Å². The minimum atomic E-state index is -0.568. The molecule has 0 aliphatic carbocycles. The molecule has 0 aromatic rings. The van der Waals surface area contributed by atoms with E-state index in [0.29, 0.717) is 19.4 Å². The first-order valence-corrected chi connectivity index (χ1v) is 25.5. The fraction of sp³-hybridized carbons (Fsp3) is 0.745. The van der Waals surface area contributed by atoms with Crippen LogP contribution in [-0.4, -0.2) is 37.9 Å². The number of carbonyl (C=O) groups is 2. The molecule has 0 rings (SSSR count). The topological polar surface area (TPSA) is 61.8 Å². The van der Waals surface area contributed by atoms with Crippen LogP contribution in [0.1, 0.15) is 239 Å². The van der Waals surface area contributed by atoms with E-state index in [1.165, 1.54) is 122 Å². The molecule has 0 saturated heterocycles. The Labute approximate surface area is 372 Å². The Morgan fingerprint density at radius 2 is 0.783 bits per heavy atom. The smallest absolute Gasteiger partial charge is 0.306 e. The predicted molar refractivity (Wildman–Crippen MR) is 260 cm³/mol. The van der Waals surface area contributed by atoms with Crippen LogP contribution in [0.3, 0.4) is 0 Å². The molecule has 0 aliphatic rings. The summed E-state index contributed by atoms with van der Waals surface area (Å²) in [6.45, 7) is 7.63. The van der Waals surface area contributed by atoms with Gasteiger partial charge in [0.2, 0.25) is 0 Å². The molecule has 0 bridgehead atoms. The first-order chi connectivity index (χ1) is 29.6. The number of hydrogen-bond donors (Lipinski definition) is 0. The SMILES string of the molecule is CC/C=C\C/C=C\C/C=C\C/C=C\C/C=C\CCCC(=O)O[C@H](COCCCCCCCCCCCCCCCCCC)COC(=O)CCCCCCC/C=C\CCCC. The van der Waals surface area contributed by atoms with Crippen LogP contribution in [0.4, 0.5) is 0 Å². The van der Waals surface area contributed by atoms with E-state index in [9.17, 15) is 9.59 Å². The molecule has 0 aromatic carbocycles. The largest absolute Gasteiger partial charge is 0.462 e. The molecular formula is C55H96O5. The van der Waals surface area contributed by atoms with Gasteiger partial charge in [0.1, 0.15) is 6.61 Å². The molecule has 1 atom stereocenters. The van der Waals surface area contributed by atoms with Crippen molar-refractivity contribution in [3.63, 3.8) is 0 Å². The van der Waals surface area contributed by atoms with Crippen LogP contribution in [0.5, 0.6) is 0 Å². The van der Waals surface area contributed by atoms with Crippen molar-refractivity contribution < 1.29 is 23.8 Å². The van der Waals surface area contributed by atoms with Gasteiger partial charge in [-0.2, -0.15) is 0 Å². The van der Waals surface area contributed by atoms with E-state index in [1.54, 1.807) is 0 Å². The van der Waals surface area contributed by atoms with Crippen LogP contribution in [0.25, 0.3) is 0 Å². The van der Waals surface area contributed by atoms with E-state index in [0.717, 1.165) is 83.5 Å². The third-order valence-electron chi connectivity index (χ3n) is 10.7. The van der Waals surface area contributed by atoms with Gasteiger partial charge in [0.25, 0.3) is 0 Å². The number of allylic oxidation sites excluding steroid dienone is 12. The van der Waals surface area contributed by atoms with Crippen LogP contribution in [0, 0.1) is 0 Å². The van der Waals surface area contributed by atoms with Gasteiger partial charge in [-0.05, 0) is 77.0 Å². The first kappa shape index (κ1) is 57.3. The molecule has 0 unspecified atom stereocenters. The van der Waals surface area contributed by atoms with Crippen LogP contribution in [0.15, 0.2) is 72.9 Å². The number of hydrogen-bond acceptors (Lipinski definition) is 5.